The van der Waals surface area contributed by atoms with E-state index >= 15 is 0 Å². The van der Waals surface area contributed by atoms with Gasteiger partial charge in [0, 0.05) is 54.4 Å². The molecule has 3 aromatic rings. The average Bonchev–Trinajstić information content (AvgIpc) is 3.26. The Hall–Kier alpha value is -3.47. The molecule has 3 aliphatic heterocycles. The Morgan fingerprint density at radius 3 is 2.58 bits per heavy atom. The molecule has 38 heavy (non-hydrogen) atoms. The van der Waals surface area contributed by atoms with Crippen LogP contribution in [0.3, 0.4) is 0 Å². The number of nitriles is 1. The third kappa shape index (κ3) is 4.53. The van der Waals surface area contributed by atoms with Crippen molar-refractivity contribution in [3.05, 3.63) is 30.0 Å². The molecule has 2 bridgehead atoms. The molecule has 5 heterocycles. The summed E-state index contributed by atoms with van der Waals surface area (Å²) in [5, 5.41) is 23.9. The van der Waals surface area contributed by atoms with Gasteiger partial charge in [-0.05, 0) is 44.7 Å². The van der Waals surface area contributed by atoms with Crippen molar-refractivity contribution < 1.29 is 13.2 Å². The second-order valence-corrected chi connectivity index (χ2v) is 12.2. The van der Waals surface area contributed by atoms with E-state index in [0.29, 0.717) is 36.2 Å². The van der Waals surface area contributed by atoms with Gasteiger partial charge in [-0.3, -0.25) is 5.10 Å². The molecule has 3 aliphatic rings. The highest BCUT2D eigenvalue weighted by Gasteiger charge is 2.49. The number of hydrogen-bond donors (Lipinski definition) is 3. The second kappa shape index (κ2) is 9.68. The fourth-order valence-corrected chi connectivity index (χ4v) is 8.00. The molecule has 0 amide bonds. The van der Waals surface area contributed by atoms with Gasteiger partial charge in [-0.15, -0.1) is 0 Å². The van der Waals surface area contributed by atoms with E-state index in [2.05, 4.69) is 26.9 Å². The fourth-order valence-electron chi connectivity index (χ4n) is 5.86. The molecule has 3 saturated heterocycles. The predicted octanol–water partition coefficient (Wildman–Crippen LogP) is 2.91. The zero-order valence-corrected chi connectivity index (χ0v) is 22.2. The van der Waals surface area contributed by atoms with Crippen LogP contribution in [0.2, 0.25) is 0 Å². The number of H-pyrrole nitrogens is 1. The SMILES string of the molecule is COc1ccc2c(Nc3cc(C)[nH]n3)nc(NC3C[C@H]4CCC[C@@H](C3)N4S(=O)(=O)N3CC(C#N)C3)nc2c1. The summed E-state index contributed by atoms with van der Waals surface area (Å²) in [7, 11) is -1.96. The molecule has 3 atom stereocenters. The molecule has 2 aromatic heterocycles. The van der Waals surface area contributed by atoms with Crippen molar-refractivity contribution in [2.75, 3.05) is 30.8 Å². The zero-order chi connectivity index (χ0) is 26.4. The number of nitrogens with one attached hydrogen (secondary N) is 3. The normalized spacial score (nSPS) is 24.5. The van der Waals surface area contributed by atoms with Crippen molar-refractivity contribution in [3.8, 4) is 11.8 Å². The highest BCUT2D eigenvalue weighted by atomic mass is 32.2. The number of hydrogen-bond acceptors (Lipinski definition) is 9. The Balaban J connectivity index is 1.25. The van der Waals surface area contributed by atoms with Crippen molar-refractivity contribution >= 4 is 38.7 Å². The zero-order valence-electron chi connectivity index (χ0n) is 21.4. The van der Waals surface area contributed by atoms with Crippen LogP contribution in [0, 0.1) is 24.2 Å². The highest BCUT2D eigenvalue weighted by Crippen LogP contribution is 2.39. The van der Waals surface area contributed by atoms with Crippen molar-refractivity contribution in [2.24, 2.45) is 5.92 Å². The van der Waals surface area contributed by atoms with Crippen molar-refractivity contribution in [1.82, 2.24) is 28.8 Å². The van der Waals surface area contributed by atoms with Gasteiger partial charge >= 0.3 is 0 Å². The van der Waals surface area contributed by atoms with Gasteiger partial charge in [0.1, 0.15) is 11.6 Å². The van der Waals surface area contributed by atoms with Gasteiger partial charge < -0.3 is 15.4 Å². The van der Waals surface area contributed by atoms with Gasteiger partial charge in [-0.2, -0.15) is 32.4 Å². The summed E-state index contributed by atoms with van der Waals surface area (Å²) in [5.74, 6) is 2.24. The van der Waals surface area contributed by atoms with E-state index in [9.17, 15) is 8.42 Å². The lowest BCUT2D eigenvalue weighted by Gasteiger charge is -2.50. The summed E-state index contributed by atoms with van der Waals surface area (Å²) in [6.45, 7) is 2.51. The Bertz CT molecular complexity index is 1480. The third-order valence-corrected chi connectivity index (χ3v) is 9.80. The van der Waals surface area contributed by atoms with E-state index in [0.717, 1.165) is 35.9 Å². The molecule has 13 heteroatoms. The van der Waals surface area contributed by atoms with Crippen LogP contribution >= 0.6 is 0 Å². The minimum absolute atomic E-state index is 0.0310. The third-order valence-electron chi connectivity index (χ3n) is 7.72. The van der Waals surface area contributed by atoms with Crippen molar-refractivity contribution in [1.29, 1.82) is 5.26 Å². The van der Waals surface area contributed by atoms with Gasteiger partial charge in [0.25, 0.3) is 10.2 Å². The van der Waals surface area contributed by atoms with Gasteiger partial charge in [-0.25, -0.2) is 4.98 Å². The van der Waals surface area contributed by atoms with E-state index in [4.69, 9.17) is 20.0 Å². The van der Waals surface area contributed by atoms with Crippen LogP contribution in [0.15, 0.2) is 24.3 Å². The van der Waals surface area contributed by atoms with Crippen LogP contribution in [0.25, 0.3) is 10.9 Å². The summed E-state index contributed by atoms with van der Waals surface area (Å²) in [6.07, 6.45) is 4.01. The van der Waals surface area contributed by atoms with Crippen LogP contribution in [-0.4, -0.2) is 75.5 Å². The Morgan fingerprint density at radius 2 is 1.92 bits per heavy atom. The first kappa shape index (κ1) is 24.8. The van der Waals surface area contributed by atoms with Crippen LogP contribution in [0.1, 0.15) is 37.8 Å². The first-order valence-electron chi connectivity index (χ1n) is 12.9. The Kier molecular flexibility index (Phi) is 6.33. The number of fused-ring (bicyclic) bond motifs is 3. The number of aromatic nitrogens is 4. The molecular formula is C25H31N9O3S. The smallest absolute Gasteiger partial charge is 0.282 e. The summed E-state index contributed by atoms with van der Waals surface area (Å²) in [6, 6.07) is 9.58. The maximum absolute atomic E-state index is 13.4. The molecule has 3 fully saturated rings. The van der Waals surface area contributed by atoms with Gasteiger partial charge in [0.2, 0.25) is 5.95 Å². The molecule has 6 rings (SSSR count). The van der Waals surface area contributed by atoms with Crippen LogP contribution < -0.4 is 15.4 Å². The molecule has 0 aliphatic carbocycles. The maximum Gasteiger partial charge on any atom is 0.282 e. The van der Waals surface area contributed by atoms with E-state index < -0.39 is 10.2 Å². The Labute approximate surface area is 221 Å². The van der Waals surface area contributed by atoms with Crippen LogP contribution in [-0.2, 0) is 10.2 Å². The van der Waals surface area contributed by atoms with E-state index in [1.807, 2.05) is 31.2 Å². The molecule has 1 aromatic carbocycles. The Morgan fingerprint density at radius 1 is 1.16 bits per heavy atom. The quantitative estimate of drug-likeness (QED) is 0.413. The number of piperidine rings is 2. The molecule has 0 spiro atoms. The van der Waals surface area contributed by atoms with Crippen molar-refractivity contribution in [3.63, 3.8) is 0 Å². The number of aromatic amines is 1. The van der Waals surface area contributed by atoms with Crippen LogP contribution in [0.4, 0.5) is 17.6 Å². The summed E-state index contributed by atoms with van der Waals surface area (Å²) >= 11 is 0. The molecule has 200 valence electrons. The number of anilines is 3. The van der Waals surface area contributed by atoms with Gasteiger partial charge in [0.15, 0.2) is 5.82 Å². The molecule has 0 radical (unpaired) electrons. The number of ether oxygens (including phenoxy) is 1. The molecule has 3 N–H and O–H groups in total. The van der Waals surface area contributed by atoms with E-state index in [1.165, 1.54) is 4.31 Å². The first-order chi connectivity index (χ1) is 18.3. The van der Waals surface area contributed by atoms with Crippen molar-refractivity contribution in [2.45, 2.75) is 57.2 Å². The molecule has 12 nitrogen and oxygen atoms in total. The van der Waals surface area contributed by atoms with Gasteiger partial charge in [0.05, 0.1) is 24.6 Å². The standard InChI is InChI=1S/C25H31N9O3S/c1-15-8-23(32-31-15)29-24-21-7-6-20(37-2)11-22(21)28-25(30-24)27-17-9-18-4-3-5-19(10-17)34(18)38(35,36)33-13-16(12-26)14-33/h6-8,11,16-19H,3-5,9-10,13-14H2,1-2H3,(H3,27,28,29,30,31,32)/t17?,18-,19+. The first-order valence-corrected chi connectivity index (χ1v) is 14.3. The largest absolute Gasteiger partial charge is 0.497 e. The minimum atomic E-state index is -3.58. The minimum Gasteiger partial charge on any atom is -0.497 e. The number of methoxy groups -OCH3 is 1. The molecule has 1 unspecified atom stereocenters. The number of benzene rings is 1. The molecule has 0 saturated carbocycles. The average molecular weight is 538 g/mol. The number of aryl methyl sites for hydroxylation is 1. The summed E-state index contributed by atoms with van der Waals surface area (Å²) in [4.78, 5) is 9.56. The molecular weight excluding hydrogens is 506 g/mol. The van der Waals surface area contributed by atoms with E-state index in [1.54, 1.807) is 11.4 Å². The highest BCUT2D eigenvalue weighted by molar-refractivity contribution is 7.86. The van der Waals surface area contributed by atoms with Crippen LogP contribution in [0.5, 0.6) is 5.75 Å². The number of nitrogens with zero attached hydrogens (tertiary/aromatic N) is 6. The second-order valence-electron chi connectivity index (χ2n) is 10.4. The maximum atomic E-state index is 13.4. The predicted molar refractivity (Wildman–Crippen MR) is 142 cm³/mol. The lowest BCUT2D eigenvalue weighted by Crippen LogP contribution is -2.63. The summed E-state index contributed by atoms with van der Waals surface area (Å²) in [5.41, 5.74) is 1.65. The number of rotatable bonds is 7. The lowest BCUT2D eigenvalue weighted by atomic mass is 9.84. The topological polar surface area (TPSA) is 152 Å². The monoisotopic (exact) mass is 537 g/mol. The lowest BCUT2D eigenvalue weighted by molar-refractivity contribution is 0.0983. The van der Waals surface area contributed by atoms with Gasteiger partial charge in [-0.1, -0.05) is 6.42 Å². The fraction of sp³-hybridized carbons (Fsp3) is 0.520. The van der Waals surface area contributed by atoms with E-state index in [-0.39, 0.29) is 37.1 Å². The summed E-state index contributed by atoms with van der Waals surface area (Å²) < 4.78 is 35.4.